The maximum Gasteiger partial charge on any atom is 0.326 e. The lowest BCUT2D eigenvalue weighted by Gasteiger charge is -2.17. The van der Waals surface area contributed by atoms with Crippen molar-refractivity contribution in [3.05, 3.63) is 35.6 Å². The van der Waals surface area contributed by atoms with Crippen molar-refractivity contribution < 1.29 is 19.1 Å². The van der Waals surface area contributed by atoms with Crippen molar-refractivity contribution in [2.75, 3.05) is 0 Å². The van der Waals surface area contributed by atoms with Crippen LogP contribution in [0.25, 0.3) is 0 Å². The molecule has 0 saturated carbocycles. The van der Waals surface area contributed by atoms with Gasteiger partial charge in [0.25, 0.3) is 5.91 Å². The van der Waals surface area contributed by atoms with E-state index in [1.165, 1.54) is 12.1 Å². The van der Waals surface area contributed by atoms with Gasteiger partial charge in [-0.25, -0.2) is 9.18 Å². The Balaban J connectivity index is 2.77. The Morgan fingerprint density at radius 1 is 1.24 bits per heavy atom. The van der Waals surface area contributed by atoms with Crippen molar-refractivity contribution in [3.8, 4) is 0 Å². The van der Waals surface area contributed by atoms with E-state index in [1.807, 2.05) is 0 Å². The van der Waals surface area contributed by atoms with Gasteiger partial charge in [0.1, 0.15) is 11.9 Å². The monoisotopic (exact) mass is 239 g/mol. The number of aliphatic carboxylic acids is 1. The van der Waals surface area contributed by atoms with Gasteiger partial charge in [-0.2, -0.15) is 0 Å². The number of carbonyl (C=O) groups excluding carboxylic acids is 1. The van der Waals surface area contributed by atoms with Crippen LogP contribution in [0.4, 0.5) is 4.39 Å². The zero-order valence-corrected chi connectivity index (χ0v) is 9.61. The summed E-state index contributed by atoms with van der Waals surface area (Å²) in [6.45, 7) is 3.40. The molecule has 0 fully saturated rings. The number of carboxylic acid groups (broad SMARTS) is 1. The van der Waals surface area contributed by atoms with E-state index >= 15 is 0 Å². The molecular formula is C12H14FNO3. The van der Waals surface area contributed by atoms with Crippen molar-refractivity contribution in [3.63, 3.8) is 0 Å². The highest BCUT2D eigenvalue weighted by molar-refractivity contribution is 5.96. The van der Waals surface area contributed by atoms with E-state index in [9.17, 15) is 14.0 Å². The molecule has 0 aliphatic rings. The third-order valence-electron chi connectivity index (χ3n) is 2.33. The molecule has 1 unspecified atom stereocenters. The van der Waals surface area contributed by atoms with Crippen LogP contribution in [-0.4, -0.2) is 23.0 Å². The van der Waals surface area contributed by atoms with Gasteiger partial charge in [0, 0.05) is 5.56 Å². The minimum atomic E-state index is -1.09. The number of carbonyl (C=O) groups is 2. The number of rotatable bonds is 4. The molecule has 0 aliphatic carbocycles. The van der Waals surface area contributed by atoms with Crippen LogP contribution >= 0.6 is 0 Å². The molecule has 0 aromatic heterocycles. The van der Waals surface area contributed by atoms with Crippen LogP contribution in [0.1, 0.15) is 24.2 Å². The average Bonchev–Trinajstić information content (AvgIpc) is 2.25. The largest absolute Gasteiger partial charge is 0.480 e. The first-order valence-corrected chi connectivity index (χ1v) is 5.21. The zero-order valence-electron chi connectivity index (χ0n) is 9.61. The van der Waals surface area contributed by atoms with Crippen LogP contribution < -0.4 is 5.32 Å². The number of halogens is 1. The van der Waals surface area contributed by atoms with Crippen LogP contribution in [0.3, 0.4) is 0 Å². The van der Waals surface area contributed by atoms with Crippen molar-refractivity contribution in [2.45, 2.75) is 19.9 Å². The second-order valence-corrected chi connectivity index (χ2v) is 4.04. The van der Waals surface area contributed by atoms with Gasteiger partial charge in [0.15, 0.2) is 0 Å². The molecule has 0 spiro atoms. The molecule has 0 radical (unpaired) electrons. The fraction of sp³-hybridized carbons (Fsp3) is 0.333. The Kier molecular flexibility index (Phi) is 4.20. The second-order valence-electron chi connectivity index (χ2n) is 4.04. The summed E-state index contributed by atoms with van der Waals surface area (Å²) in [5.41, 5.74) is 0.235. The molecule has 0 saturated heterocycles. The summed E-state index contributed by atoms with van der Waals surface area (Å²) in [4.78, 5) is 22.6. The Bertz CT molecular complexity index is 414. The fourth-order valence-corrected chi connectivity index (χ4v) is 1.34. The molecule has 2 N–H and O–H groups in total. The number of carboxylic acids is 1. The van der Waals surface area contributed by atoms with Gasteiger partial charge in [0.2, 0.25) is 0 Å². The summed E-state index contributed by atoms with van der Waals surface area (Å²) in [6, 6.07) is 3.97. The van der Waals surface area contributed by atoms with E-state index in [0.717, 1.165) is 12.1 Å². The maximum absolute atomic E-state index is 12.6. The summed E-state index contributed by atoms with van der Waals surface area (Å²) >= 11 is 0. The number of nitrogens with one attached hydrogen (secondary N) is 1. The molecule has 1 aromatic rings. The van der Waals surface area contributed by atoms with Gasteiger partial charge in [-0.1, -0.05) is 13.8 Å². The van der Waals surface area contributed by atoms with Crippen LogP contribution in [0.2, 0.25) is 0 Å². The first kappa shape index (κ1) is 13.2. The molecule has 0 heterocycles. The summed E-state index contributed by atoms with van der Waals surface area (Å²) in [5, 5.41) is 11.3. The lowest BCUT2D eigenvalue weighted by Crippen LogP contribution is -2.44. The molecule has 5 heteroatoms. The van der Waals surface area contributed by atoms with Crippen molar-refractivity contribution in [2.24, 2.45) is 5.92 Å². The van der Waals surface area contributed by atoms with Crippen LogP contribution in [0.15, 0.2) is 24.3 Å². The fourth-order valence-electron chi connectivity index (χ4n) is 1.34. The highest BCUT2D eigenvalue weighted by Crippen LogP contribution is 2.06. The van der Waals surface area contributed by atoms with E-state index in [1.54, 1.807) is 13.8 Å². The summed E-state index contributed by atoms with van der Waals surface area (Å²) in [6.07, 6.45) is 0. The van der Waals surface area contributed by atoms with Gasteiger partial charge in [-0.05, 0) is 30.2 Å². The number of benzene rings is 1. The lowest BCUT2D eigenvalue weighted by atomic mass is 10.0. The van der Waals surface area contributed by atoms with E-state index in [-0.39, 0.29) is 11.5 Å². The molecule has 17 heavy (non-hydrogen) atoms. The highest BCUT2D eigenvalue weighted by Gasteiger charge is 2.23. The number of hydrogen-bond acceptors (Lipinski definition) is 2. The van der Waals surface area contributed by atoms with Crippen LogP contribution in [-0.2, 0) is 4.79 Å². The predicted molar refractivity (Wildman–Crippen MR) is 60.1 cm³/mol. The van der Waals surface area contributed by atoms with Crippen molar-refractivity contribution in [1.82, 2.24) is 5.32 Å². The Morgan fingerprint density at radius 3 is 2.18 bits per heavy atom. The zero-order chi connectivity index (χ0) is 13.0. The molecule has 0 aliphatic heterocycles. The molecule has 0 bridgehead atoms. The molecule has 4 nitrogen and oxygen atoms in total. The minimum Gasteiger partial charge on any atom is -0.480 e. The predicted octanol–water partition coefficient (Wildman–Crippen LogP) is 1.66. The molecule has 1 amide bonds. The smallest absolute Gasteiger partial charge is 0.326 e. The van der Waals surface area contributed by atoms with E-state index in [0.29, 0.717) is 0 Å². The van der Waals surface area contributed by atoms with Gasteiger partial charge < -0.3 is 10.4 Å². The summed E-state index contributed by atoms with van der Waals surface area (Å²) in [7, 11) is 0. The molecule has 1 rings (SSSR count). The van der Waals surface area contributed by atoms with Gasteiger partial charge >= 0.3 is 5.97 Å². The third kappa shape index (κ3) is 3.55. The van der Waals surface area contributed by atoms with Crippen molar-refractivity contribution >= 4 is 11.9 Å². The highest BCUT2D eigenvalue weighted by atomic mass is 19.1. The Morgan fingerprint density at radius 2 is 1.76 bits per heavy atom. The first-order valence-electron chi connectivity index (χ1n) is 5.21. The molecular weight excluding hydrogens is 225 g/mol. The Hall–Kier alpha value is -1.91. The molecule has 1 atom stereocenters. The SMILES string of the molecule is CC(C)C(NC(=O)c1ccc(F)cc1)C(=O)O. The average molecular weight is 239 g/mol. The summed E-state index contributed by atoms with van der Waals surface area (Å²) in [5.74, 6) is -2.28. The minimum absolute atomic E-state index is 0.225. The van der Waals surface area contributed by atoms with E-state index < -0.39 is 23.7 Å². The third-order valence-corrected chi connectivity index (χ3v) is 2.33. The maximum atomic E-state index is 12.6. The first-order chi connectivity index (χ1) is 7.91. The normalized spacial score (nSPS) is 12.2. The number of amides is 1. The van der Waals surface area contributed by atoms with E-state index in [4.69, 9.17) is 5.11 Å². The quantitative estimate of drug-likeness (QED) is 0.839. The van der Waals surface area contributed by atoms with Crippen LogP contribution in [0, 0.1) is 11.7 Å². The summed E-state index contributed by atoms with van der Waals surface area (Å²) < 4.78 is 12.6. The van der Waals surface area contributed by atoms with Crippen LogP contribution in [0.5, 0.6) is 0 Å². The van der Waals surface area contributed by atoms with Gasteiger partial charge in [-0.3, -0.25) is 4.79 Å². The second kappa shape index (κ2) is 5.43. The standard InChI is InChI=1S/C12H14FNO3/c1-7(2)10(12(16)17)14-11(15)8-3-5-9(13)6-4-8/h3-7,10H,1-2H3,(H,14,15)(H,16,17). The van der Waals surface area contributed by atoms with E-state index in [2.05, 4.69) is 5.32 Å². The molecule has 1 aromatic carbocycles. The molecule has 92 valence electrons. The number of hydrogen-bond donors (Lipinski definition) is 2. The van der Waals surface area contributed by atoms with Gasteiger partial charge in [-0.15, -0.1) is 0 Å². The lowest BCUT2D eigenvalue weighted by molar-refractivity contribution is -0.140. The van der Waals surface area contributed by atoms with Gasteiger partial charge in [0.05, 0.1) is 0 Å². The van der Waals surface area contributed by atoms with Crippen molar-refractivity contribution in [1.29, 1.82) is 0 Å². The topological polar surface area (TPSA) is 66.4 Å². The Labute approximate surface area is 98.5 Å².